The molecule has 4 rings (SSSR count). The Morgan fingerprint density at radius 3 is 2.66 bits per heavy atom. The molecular formula is C26H27ClFN3O3S. The number of aromatic nitrogens is 1. The second-order valence-electron chi connectivity index (χ2n) is 8.68. The lowest BCUT2D eigenvalue weighted by Crippen LogP contribution is -2.40. The summed E-state index contributed by atoms with van der Waals surface area (Å²) in [6, 6.07) is 10.2. The molecule has 0 spiro atoms. The topological polar surface area (TPSA) is 71.5 Å². The Bertz CT molecular complexity index is 1220. The average molecular weight is 516 g/mol. The molecule has 0 aliphatic carbocycles. The molecule has 9 heteroatoms. The van der Waals surface area contributed by atoms with Gasteiger partial charge in [-0.3, -0.25) is 9.59 Å². The molecule has 1 aromatic heterocycles. The van der Waals surface area contributed by atoms with Crippen LogP contribution in [0.15, 0.2) is 41.8 Å². The number of hydrogen-bond donors (Lipinski definition) is 1. The maximum Gasteiger partial charge on any atom is 0.271 e. The number of hydrogen-bond acceptors (Lipinski definition) is 5. The summed E-state index contributed by atoms with van der Waals surface area (Å²) >= 11 is 7.20. The summed E-state index contributed by atoms with van der Waals surface area (Å²) in [6.07, 6.45) is 1.56. The minimum absolute atomic E-state index is 0.0168. The second-order valence-corrected chi connectivity index (χ2v) is 10.0. The first-order valence-corrected chi connectivity index (χ1v) is 12.7. The van der Waals surface area contributed by atoms with Gasteiger partial charge in [0.15, 0.2) is 6.61 Å². The molecule has 0 bridgehead atoms. The van der Waals surface area contributed by atoms with Gasteiger partial charge in [0.1, 0.15) is 17.3 Å². The van der Waals surface area contributed by atoms with Crippen LogP contribution < -0.4 is 10.1 Å². The van der Waals surface area contributed by atoms with Crippen molar-refractivity contribution in [2.45, 2.75) is 39.2 Å². The van der Waals surface area contributed by atoms with Crippen molar-refractivity contribution in [1.82, 2.24) is 15.2 Å². The van der Waals surface area contributed by atoms with Crippen molar-refractivity contribution in [2.75, 3.05) is 19.7 Å². The fourth-order valence-electron chi connectivity index (χ4n) is 3.93. The van der Waals surface area contributed by atoms with Gasteiger partial charge in [-0.05, 0) is 62.1 Å². The van der Waals surface area contributed by atoms with Crippen LogP contribution in [0.25, 0.3) is 0 Å². The number of halogens is 2. The molecule has 0 saturated carbocycles. The van der Waals surface area contributed by atoms with Crippen molar-refractivity contribution in [3.63, 3.8) is 0 Å². The number of aryl methyl sites for hydroxylation is 2. The smallest absolute Gasteiger partial charge is 0.271 e. The largest absolute Gasteiger partial charge is 0.484 e. The molecule has 0 unspecified atom stereocenters. The summed E-state index contributed by atoms with van der Waals surface area (Å²) in [6.45, 7) is 5.37. The van der Waals surface area contributed by atoms with Gasteiger partial charge in [-0.2, -0.15) is 0 Å². The molecule has 35 heavy (non-hydrogen) atoms. The molecule has 1 aliphatic rings. The number of amides is 2. The van der Waals surface area contributed by atoms with Crippen molar-refractivity contribution < 1.29 is 18.7 Å². The van der Waals surface area contributed by atoms with E-state index in [1.165, 1.54) is 23.0 Å². The van der Waals surface area contributed by atoms with E-state index in [1.807, 2.05) is 36.9 Å². The van der Waals surface area contributed by atoms with Crippen LogP contribution in [0.3, 0.4) is 0 Å². The van der Waals surface area contributed by atoms with Crippen LogP contribution in [-0.2, 0) is 11.3 Å². The molecule has 3 aromatic rings. The van der Waals surface area contributed by atoms with E-state index < -0.39 is 5.82 Å². The zero-order valence-corrected chi connectivity index (χ0v) is 21.2. The van der Waals surface area contributed by atoms with Gasteiger partial charge in [0.25, 0.3) is 11.8 Å². The lowest BCUT2D eigenvalue weighted by Gasteiger charge is -2.31. The van der Waals surface area contributed by atoms with E-state index in [-0.39, 0.29) is 30.9 Å². The summed E-state index contributed by atoms with van der Waals surface area (Å²) in [7, 11) is 0. The summed E-state index contributed by atoms with van der Waals surface area (Å²) in [5, 5.41) is 5.61. The van der Waals surface area contributed by atoms with Crippen molar-refractivity contribution in [1.29, 1.82) is 0 Å². The summed E-state index contributed by atoms with van der Waals surface area (Å²) in [4.78, 5) is 31.4. The number of benzene rings is 2. The van der Waals surface area contributed by atoms with Gasteiger partial charge in [0, 0.05) is 41.5 Å². The monoisotopic (exact) mass is 515 g/mol. The molecule has 184 valence electrons. The van der Waals surface area contributed by atoms with Crippen molar-refractivity contribution in [3.8, 4) is 5.75 Å². The Kier molecular flexibility index (Phi) is 8.03. The fourth-order valence-corrected chi connectivity index (χ4v) is 5.06. The Labute approximate surface area is 213 Å². The van der Waals surface area contributed by atoms with Crippen LogP contribution in [0.4, 0.5) is 4.39 Å². The van der Waals surface area contributed by atoms with Crippen molar-refractivity contribution in [3.05, 3.63) is 80.0 Å². The third-order valence-electron chi connectivity index (χ3n) is 6.25. The number of nitrogens with one attached hydrogen (secondary N) is 1. The first-order chi connectivity index (χ1) is 16.8. The van der Waals surface area contributed by atoms with E-state index in [1.54, 1.807) is 17.5 Å². The molecule has 2 heterocycles. The molecule has 2 aromatic carbocycles. The number of rotatable bonds is 7. The van der Waals surface area contributed by atoms with Crippen LogP contribution in [-0.4, -0.2) is 41.4 Å². The summed E-state index contributed by atoms with van der Waals surface area (Å²) < 4.78 is 19.6. The second kappa shape index (κ2) is 11.2. The Morgan fingerprint density at radius 1 is 1.17 bits per heavy atom. The van der Waals surface area contributed by atoms with E-state index in [4.69, 9.17) is 16.3 Å². The zero-order valence-electron chi connectivity index (χ0n) is 19.6. The van der Waals surface area contributed by atoms with Crippen LogP contribution in [0.2, 0.25) is 5.02 Å². The molecule has 2 amide bonds. The predicted molar refractivity (Wildman–Crippen MR) is 135 cm³/mol. The summed E-state index contributed by atoms with van der Waals surface area (Å²) in [5.74, 6) is 0.0504. The van der Waals surface area contributed by atoms with Crippen LogP contribution in [0, 0.1) is 19.7 Å². The third kappa shape index (κ3) is 6.38. The molecule has 1 saturated heterocycles. The Balaban J connectivity index is 1.25. The standard InChI is InChI=1S/C26H27ClFN3O3S/c1-16-3-6-21(11-17(16)2)34-14-24(32)31-9-7-18(8-10-31)26-30-23(15-35-26)25(33)29-13-19-4-5-20(27)12-22(19)28/h3-6,11-12,15,18H,7-10,13-14H2,1-2H3,(H,29,33). The number of carbonyl (C=O) groups is 2. The average Bonchev–Trinajstić information content (AvgIpc) is 3.34. The van der Waals surface area contributed by atoms with Crippen molar-refractivity contribution >= 4 is 34.8 Å². The maximum atomic E-state index is 13.9. The first-order valence-electron chi connectivity index (χ1n) is 11.5. The Hall–Kier alpha value is -2.97. The third-order valence-corrected chi connectivity index (χ3v) is 7.49. The SMILES string of the molecule is Cc1ccc(OCC(=O)N2CCC(c3nc(C(=O)NCc4ccc(Cl)cc4F)cs3)CC2)cc1C. The van der Waals surface area contributed by atoms with Gasteiger partial charge in [-0.25, -0.2) is 9.37 Å². The predicted octanol–water partition coefficient (Wildman–Crippen LogP) is 5.27. The molecule has 1 fully saturated rings. The van der Waals surface area contributed by atoms with E-state index in [2.05, 4.69) is 10.3 Å². The first kappa shape index (κ1) is 25.1. The van der Waals surface area contributed by atoms with E-state index >= 15 is 0 Å². The van der Waals surface area contributed by atoms with Gasteiger partial charge < -0.3 is 15.0 Å². The van der Waals surface area contributed by atoms with Crippen molar-refractivity contribution in [2.24, 2.45) is 0 Å². The molecule has 1 N–H and O–H groups in total. The quantitative estimate of drug-likeness (QED) is 0.465. The number of likely N-dealkylation sites (tertiary alicyclic amines) is 1. The normalized spacial score (nSPS) is 14.1. The van der Waals surface area contributed by atoms with E-state index in [9.17, 15) is 14.0 Å². The number of ether oxygens (including phenoxy) is 1. The molecule has 0 radical (unpaired) electrons. The van der Waals surface area contributed by atoms with Gasteiger partial charge in [0.2, 0.25) is 0 Å². The highest BCUT2D eigenvalue weighted by atomic mass is 35.5. The highest BCUT2D eigenvalue weighted by Gasteiger charge is 2.26. The minimum atomic E-state index is -0.461. The molecular weight excluding hydrogens is 489 g/mol. The van der Waals surface area contributed by atoms with Crippen LogP contribution >= 0.6 is 22.9 Å². The molecule has 1 aliphatic heterocycles. The van der Waals surface area contributed by atoms with E-state index in [0.29, 0.717) is 35.1 Å². The zero-order chi connectivity index (χ0) is 24.9. The van der Waals surface area contributed by atoms with Gasteiger partial charge in [-0.1, -0.05) is 23.7 Å². The number of thiazole rings is 1. The number of piperidine rings is 1. The fraction of sp³-hybridized carbons (Fsp3) is 0.346. The highest BCUT2D eigenvalue weighted by molar-refractivity contribution is 7.09. The maximum absolute atomic E-state index is 13.9. The minimum Gasteiger partial charge on any atom is -0.484 e. The number of nitrogens with zero attached hydrogens (tertiary/aromatic N) is 2. The number of carbonyl (C=O) groups excluding carboxylic acids is 2. The summed E-state index contributed by atoms with van der Waals surface area (Å²) in [5.41, 5.74) is 2.99. The van der Waals surface area contributed by atoms with Crippen LogP contribution in [0.5, 0.6) is 5.75 Å². The van der Waals surface area contributed by atoms with E-state index in [0.717, 1.165) is 23.4 Å². The van der Waals surface area contributed by atoms with Gasteiger partial charge >= 0.3 is 0 Å². The molecule has 6 nitrogen and oxygen atoms in total. The van der Waals surface area contributed by atoms with Crippen LogP contribution in [0.1, 0.15) is 50.9 Å². The van der Waals surface area contributed by atoms with Gasteiger partial charge in [0.05, 0.1) is 5.01 Å². The lowest BCUT2D eigenvalue weighted by atomic mass is 9.97. The Morgan fingerprint density at radius 2 is 1.94 bits per heavy atom. The lowest BCUT2D eigenvalue weighted by molar-refractivity contribution is -0.134. The highest BCUT2D eigenvalue weighted by Crippen LogP contribution is 2.30. The van der Waals surface area contributed by atoms with Gasteiger partial charge in [-0.15, -0.1) is 11.3 Å². The molecule has 0 atom stereocenters.